The van der Waals surface area contributed by atoms with Crippen LogP contribution >= 0.6 is 0 Å². The zero-order chi connectivity index (χ0) is 24.4. The molecule has 7 nitrogen and oxygen atoms in total. The van der Waals surface area contributed by atoms with Crippen molar-refractivity contribution >= 4 is 17.4 Å². The van der Waals surface area contributed by atoms with E-state index in [1.165, 1.54) is 45.6 Å². The molecule has 8 heteroatoms. The highest BCUT2D eigenvalue weighted by Crippen LogP contribution is 2.47. The molecule has 0 radical (unpaired) electrons. The van der Waals surface area contributed by atoms with Gasteiger partial charge in [0.05, 0.1) is 21.3 Å². The van der Waals surface area contributed by atoms with Gasteiger partial charge in [0, 0.05) is 40.6 Å². The number of anilines is 1. The van der Waals surface area contributed by atoms with Gasteiger partial charge >= 0.3 is 0 Å². The van der Waals surface area contributed by atoms with E-state index in [0.717, 1.165) is 12.1 Å². The number of rotatable bonds is 6. The van der Waals surface area contributed by atoms with Crippen molar-refractivity contribution in [3.8, 4) is 17.2 Å². The van der Waals surface area contributed by atoms with Crippen LogP contribution in [0.25, 0.3) is 0 Å². The Morgan fingerprint density at radius 1 is 1.03 bits per heavy atom. The van der Waals surface area contributed by atoms with Crippen molar-refractivity contribution in [2.24, 2.45) is 0 Å². The number of Topliss-reactive ketones (excluding diaryl/α,β-unsaturated/α-hetero) is 1. The summed E-state index contributed by atoms with van der Waals surface area (Å²) in [6.07, 6.45) is 1.87. The highest BCUT2D eigenvalue weighted by molar-refractivity contribution is 6.09. The summed E-state index contributed by atoms with van der Waals surface area (Å²) in [6.45, 7) is 1.81. The number of carbonyl (C=O) groups is 2. The van der Waals surface area contributed by atoms with Gasteiger partial charge in [0.1, 0.15) is 5.82 Å². The van der Waals surface area contributed by atoms with Crippen molar-refractivity contribution in [1.82, 2.24) is 5.32 Å². The molecule has 0 saturated heterocycles. The van der Waals surface area contributed by atoms with Crippen molar-refractivity contribution in [3.05, 3.63) is 70.3 Å². The van der Waals surface area contributed by atoms with E-state index in [1.54, 1.807) is 12.1 Å². The van der Waals surface area contributed by atoms with E-state index in [4.69, 9.17) is 14.2 Å². The fourth-order valence-electron chi connectivity index (χ4n) is 4.62. The molecule has 0 spiro atoms. The Kier molecular flexibility index (Phi) is 6.58. The summed E-state index contributed by atoms with van der Waals surface area (Å²) in [7, 11) is 4.55. The molecule has 0 bridgehead atoms. The van der Waals surface area contributed by atoms with Crippen molar-refractivity contribution in [2.45, 2.75) is 32.1 Å². The largest absolute Gasteiger partial charge is 0.493 e. The number of halogens is 1. The number of carbonyl (C=O) groups excluding carboxylic acids is 2. The standard InChI is InChI=1S/C26H27FN2O5/c1-14-22(26(31)29-17-10-8-16(27)9-11-17)23(24-18(28-14)6-5-7-19(24)30)15-12-20(32-2)25(34-4)21(13-15)33-3/h8-13,23,28H,5-7H2,1-4H3,(H,29,31)/t23-/m0/s1. The molecule has 178 valence electrons. The molecule has 2 aromatic carbocycles. The molecule has 0 saturated carbocycles. The van der Waals surface area contributed by atoms with Gasteiger partial charge in [0.2, 0.25) is 5.75 Å². The van der Waals surface area contributed by atoms with Crippen molar-refractivity contribution in [3.63, 3.8) is 0 Å². The lowest BCUT2D eigenvalue weighted by Gasteiger charge is -2.35. The molecule has 1 amide bonds. The summed E-state index contributed by atoms with van der Waals surface area (Å²) in [5.41, 5.74) is 3.55. The molecule has 2 N–H and O–H groups in total. The number of amides is 1. The number of hydrogen-bond donors (Lipinski definition) is 2. The smallest absolute Gasteiger partial charge is 0.254 e. The maximum atomic E-state index is 13.5. The van der Waals surface area contributed by atoms with E-state index in [0.29, 0.717) is 58.2 Å². The number of nitrogens with one attached hydrogen (secondary N) is 2. The summed E-state index contributed by atoms with van der Waals surface area (Å²) in [4.78, 5) is 26.7. The molecular weight excluding hydrogens is 439 g/mol. The van der Waals surface area contributed by atoms with E-state index in [9.17, 15) is 14.0 Å². The highest BCUT2D eigenvalue weighted by Gasteiger charge is 2.39. The Balaban J connectivity index is 1.86. The highest BCUT2D eigenvalue weighted by atomic mass is 19.1. The first-order valence-electron chi connectivity index (χ1n) is 11.0. The van der Waals surface area contributed by atoms with Crippen LogP contribution in [0.15, 0.2) is 58.9 Å². The van der Waals surface area contributed by atoms with Gasteiger partial charge in [-0.25, -0.2) is 4.39 Å². The molecule has 0 aromatic heterocycles. The maximum absolute atomic E-state index is 13.5. The maximum Gasteiger partial charge on any atom is 0.254 e. The van der Waals surface area contributed by atoms with Crippen LogP contribution in [0.1, 0.15) is 37.7 Å². The van der Waals surface area contributed by atoms with E-state index >= 15 is 0 Å². The predicted octanol–water partition coefficient (Wildman–Crippen LogP) is 4.46. The minimum Gasteiger partial charge on any atom is -0.493 e. The van der Waals surface area contributed by atoms with Gasteiger partial charge < -0.3 is 24.8 Å². The Bertz CT molecular complexity index is 1180. The lowest BCUT2D eigenvalue weighted by Crippen LogP contribution is -2.35. The van der Waals surface area contributed by atoms with E-state index in [1.807, 2.05) is 6.92 Å². The fraction of sp³-hybridized carbons (Fsp3) is 0.308. The number of dihydropyridines is 1. The summed E-state index contributed by atoms with van der Waals surface area (Å²) in [5, 5.41) is 6.12. The lowest BCUT2D eigenvalue weighted by molar-refractivity contribution is -0.116. The molecule has 0 unspecified atom stereocenters. The summed E-state index contributed by atoms with van der Waals surface area (Å²) < 4.78 is 29.9. The molecule has 1 atom stereocenters. The van der Waals surface area contributed by atoms with Gasteiger partial charge in [0.15, 0.2) is 17.3 Å². The Hall–Kier alpha value is -3.81. The van der Waals surface area contributed by atoms with E-state index in [2.05, 4.69) is 10.6 Å². The Labute approximate surface area is 197 Å². The first kappa shape index (κ1) is 23.4. The molecule has 1 heterocycles. The second-order valence-electron chi connectivity index (χ2n) is 8.19. The molecule has 0 fully saturated rings. The third-order valence-electron chi connectivity index (χ3n) is 6.14. The predicted molar refractivity (Wildman–Crippen MR) is 126 cm³/mol. The number of ether oxygens (including phenoxy) is 3. The zero-order valence-corrected chi connectivity index (χ0v) is 19.6. The van der Waals surface area contributed by atoms with Crippen LogP contribution < -0.4 is 24.8 Å². The molecule has 1 aliphatic carbocycles. The molecule has 4 rings (SSSR count). The number of hydrogen-bond acceptors (Lipinski definition) is 6. The van der Waals surface area contributed by atoms with Gasteiger partial charge in [0.25, 0.3) is 5.91 Å². The quantitative estimate of drug-likeness (QED) is 0.654. The van der Waals surface area contributed by atoms with Crippen LogP contribution in [-0.2, 0) is 9.59 Å². The van der Waals surface area contributed by atoms with Crippen LogP contribution in [0.3, 0.4) is 0 Å². The van der Waals surface area contributed by atoms with Crippen LogP contribution in [0.5, 0.6) is 17.2 Å². The van der Waals surface area contributed by atoms with E-state index in [-0.39, 0.29) is 11.7 Å². The molecular formula is C26H27FN2O5. The molecule has 2 aliphatic rings. The van der Waals surface area contributed by atoms with Crippen molar-refractivity contribution in [2.75, 3.05) is 26.6 Å². The Morgan fingerprint density at radius 2 is 1.68 bits per heavy atom. The van der Waals surface area contributed by atoms with Gasteiger partial charge in [-0.1, -0.05) is 0 Å². The topological polar surface area (TPSA) is 85.9 Å². The average Bonchev–Trinajstić information content (AvgIpc) is 2.83. The Morgan fingerprint density at radius 3 is 2.26 bits per heavy atom. The van der Waals surface area contributed by atoms with Crippen LogP contribution in [0, 0.1) is 5.82 Å². The van der Waals surface area contributed by atoms with Gasteiger partial charge in [-0.2, -0.15) is 0 Å². The minimum atomic E-state index is -0.641. The van der Waals surface area contributed by atoms with Crippen LogP contribution in [0.4, 0.5) is 10.1 Å². The fourth-order valence-corrected chi connectivity index (χ4v) is 4.62. The lowest BCUT2D eigenvalue weighted by atomic mass is 9.75. The van der Waals surface area contributed by atoms with Crippen LogP contribution in [-0.4, -0.2) is 33.0 Å². The summed E-state index contributed by atoms with van der Waals surface area (Å²) in [5.74, 6) is -0.158. The van der Waals surface area contributed by atoms with E-state index < -0.39 is 11.7 Å². The number of benzene rings is 2. The third kappa shape index (κ3) is 4.23. The number of methoxy groups -OCH3 is 3. The normalized spacial score (nSPS) is 17.7. The minimum absolute atomic E-state index is 0.00733. The second kappa shape index (κ2) is 9.59. The zero-order valence-electron chi connectivity index (χ0n) is 19.6. The molecule has 34 heavy (non-hydrogen) atoms. The van der Waals surface area contributed by atoms with Gasteiger partial charge in [-0.05, 0) is 61.7 Å². The summed E-state index contributed by atoms with van der Waals surface area (Å²) >= 11 is 0. The first-order valence-corrected chi connectivity index (χ1v) is 11.0. The number of allylic oxidation sites excluding steroid dienone is 3. The first-order chi connectivity index (χ1) is 16.4. The molecule has 1 aliphatic heterocycles. The average molecular weight is 467 g/mol. The monoisotopic (exact) mass is 466 g/mol. The van der Waals surface area contributed by atoms with Gasteiger partial charge in [-0.3, -0.25) is 9.59 Å². The summed E-state index contributed by atoms with van der Waals surface area (Å²) in [6, 6.07) is 9.06. The van der Waals surface area contributed by atoms with Crippen LogP contribution in [0.2, 0.25) is 0 Å². The SMILES string of the molecule is COc1cc([C@H]2C(C(=O)Nc3ccc(F)cc3)=C(C)NC3=C2C(=O)CCC3)cc(OC)c1OC. The van der Waals surface area contributed by atoms with Crippen molar-refractivity contribution < 1.29 is 28.2 Å². The molecule has 2 aromatic rings. The number of ketones is 1. The third-order valence-corrected chi connectivity index (χ3v) is 6.14. The van der Waals surface area contributed by atoms with Crippen molar-refractivity contribution in [1.29, 1.82) is 0 Å². The van der Waals surface area contributed by atoms with Gasteiger partial charge in [-0.15, -0.1) is 0 Å². The second-order valence-corrected chi connectivity index (χ2v) is 8.19.